The van der Waals surface area contributed by atoms with E-state index in [1.54, 1.807) is 26.6 Å². The highest BCUT2D eigenvalue weighted by Gasteiger charge is 2.17. The number of halogens is 1. The first-order chi connectivity index (χ1) is 13.0. The predicted octanol–water partition coefficient (Wildman–Crippen LogP) is 3.59. The lowest BCUT2D eigenvalue weighted by Gasteiger charge is -2.20. The standard InChI is InChI=1S/C18H20ClN5O2S/c1-24(6-7-25-2)11-8-12(17(20)21-9-11)16-14(26-3)5-4-13(23-16)18-22-10-15(19)27-18/h4-5,8-10H,6-7H2,1-3H3,(H2,20,21). The van der Waals surface area contributed by atoms with E-state index in [0.29, 0.717) is 39.5 Å². The fraction of sp³-hybridized carbons (Fsp3) is 0.278. The third-order valence-corrected chi connectivity index (χ3v) is 5.14. The van der Waals surface area contributed by atoms with Crippen LogP contribution in [0.15, 0.2) is 30.6 Å². The van der Waals surface area contributed by atoms with Crippen molar-refractivity contribution in [2.75, 3.05) is 45.1 Å². The molecule has 0 spiro atoms. The van der Waals surface area contributed by atoms with E-state index in [-0.39, 0.29) is 0 Å². The van der Waals surface area contributed by atoms with Crippen molar-refractivity contribution in [3.8, 4) is 27.7 Å². The molecular weight excluding hydrogens is 386 g/mol. The van der Waals surface area contributed by atoms with Crippen molar-refractivity contribution < 1.29 is 9.47 Å². The van der Waals surface area contributed by atoms with E-state index in [9.17, 15) is 0 Å². The average Bonchev–Trinajstić information content (AvgIpc) is 3.12. The van der Waals surface area contributed by atoms with Gasteiger partial charge in [-0.25, -0.2) is 15.0 Å². The summed E-state index contributed by atoms with van der Waals surface area (Å²) >= 11 is 7.37. The highest BCUT2D eigenvalue weighted by atomic mass is 35.5. The summed E-state index contributed by atoms with van der Waals surface area (Å²) < 4.78 is 11.2. The molecule has 9 heteroatoms. The van der Waals surface area contributed by atoms with Gasteiger partial charge in [0.15, 0.2) is 0 Å². The molecule has 27 heavy (non-hydrogen) atoms. The molecule has 0 aromatic carbocycles. The number of anilines is 2. The smallest absolute Gasteiger partial charge is 0.145 e. The van der Waals surface area contributed by atoms with E-state index in [1.807, 2.05) is 30.1 Å². The Morgan fingerprint density at radius 1 is 1.22 bits per heavy atom. The maximum Gasteiger partial charge on any atom is 0.145 e. The second-order valence-corrected chi connectivity index (χ2v) is 7.42. The molecule has 0 aliphatic heterocycles. The van der Waals surface area contributed by atoms with Crippen LogP contribution in [0.4, 0.5) is 11.5 Å². The van der Waals surface area contributed by atoms with Crippen molar-refractivity contribution in [3.63, 3.8) is 0 Å². The van der Waals surface area contributed by atoms with Gasteiger partial charge in [-0.05, 0) is 18.2 Å². The van der Waals surface area contributed by atoms with Crippen LogP contribution in [0.2, 0.25) is 4.34 Å². The van der Waals surface area contributed by atoms with Gasteiger partial charge in [-0.2, -0.15) is 0 Å². The van der Waals surface area contributed by atoms with Crippen LogP contribution >= 0.6 is 22.9 Å². The molecule has 142 valence electrons. The Morgan fingerprint density at radius 3 is 2.70 bits per heavy atom. The molecule has 3 aromatic heterocycles. The molecule has 0 aliphatic rings. The summed E-state index contributed by atoms with van der Waals surface area (Å²) in [5.41, 5.74) is 9.05. The number of likely N-dealkylation sites (N-methyl/N-ethyl adjacent to an activating group) is 1. The van der Waals surface area contributed by atoms with Gasteiger partial charge in [0.2, 0.25) is 0 Å². The molecule has 0 atom stereocenters. The topological polar surface area (TPSA) is 86.4 Å². The number of nitrogen functional groups attached to an aromatic ring is 1. The van der Waals surface area contributed by atoms with Gasteiger partial charge >= 0.3 is 0 Å². The first-order valence-corrected chi connectivity index (χ1v) is 9.35. The molecular formula is C18H20ClN5O2S. The SMILES string of the molecule is COCCN(C)c1cnc(N)c(-c2nc(-c3ncc(Cl)s3)ccc2OC)c1. The Labute approximate surface area is 166 Å². The number of rotatable bonds is 7. The van der Waals surface area contributed by atoms with Crippen molar-refractivity contribution in [2.45, 2.75) is 0 Å². The summed E-state index contributed by atoms with van der Waals surface area (Å²) in [6.07, 6.45) is 3.33. The highest BCUT2D eigenvalue weighted by Crippen LogP contribution is 2.36. The van der Waals surface area contributed by atoms with Crippen LogP contribution in [-0.4, -0.2) is 49.4 Å². The normalized spacial score (nSPS) is 10.8. The van der Waals surface area contributed by atoms with E-state index < -0.39 is 0 Å². The van der Waals surface area contributed by atoms with Crippen molar-refractivity contribution in [3.05, 3.63) is 34.9 Å². The number of thiazole rings is 1. The molecule has 3 heterocycles. The zero-order chi connectivity index (χ0) is 19.4. The number of hydrogen-bond acceptors (Lipinski definition) is 8. The third-order valence-electron chi connectivity index (χ3n) is 4.01. The highest BCUT2D eigenvalue weighted by molar-refractivity contribution is 7.18. The van der Waals surface area contributed by atoms with E-state index in [4.69, 9.17) is 31.8 Å². The van der Waals surface area contributed by atoms with Crippen LogP contribution in [-0.2, 0) is 4.74 Å². The van der Waals surface area contributed by atoms with Gasteiger partial charge in [-0.1, -0.05) is 11.6 Å². The second-order valence-electron chi connectivity index (χ2n) is 5.76. The largest absolute Gasteiger partial charge is 0.494 e. The minimum absolute atomic E-state index is 0.374. The predicted molar refractivity (Wildman–Crippen MR) is 110 cm³/mol. The summed E-state index contributed by atoms with van der Waals surface area (Å²) in [6, 6.07) is 5.63. The van der Waals surface area contributed by atoms with Crippen molar-refractivity contribution in [1.82, 2.24) is 15.0 Å². The lowest BCUT2D eigenvalue weighted by molar-refractivity contribution is 0.206. The van der Waals surface area contributed by atoms with Crippen LogP contribution in [0, 0.1) is 0 Å². The Bertz CT molecular complexity index is 934. The quantitative estimate of drug-likeness (QED) is 0.642. The first-order valence-electron chi connectivity index (χ1n) is 8.16. The number of methoxy groups -OCH3 is 2. The van der Waals surface area contributed by atoms with Gasteiger partial charge in [0.25, 0.3) is 0 Å². The Hall–Kier alpha value is -2.42. The molecule has 0 fully saturated rings. The number of nitrogens with two attached hydrogens (primary N) is 1. The Kier molecular flexibility index (Phi) is 6.10. The zero-order valence-corrected chi connectivity index (χ0v) is 16.8. The van der Waals surface area contributed by atoms with Crippen molar-refractivity contribution >= 4 is 34.4 Å². The first kappa shape index (κ1) is 19.3. The maximum atomic E-state index is 6.15. The van der Waals surface area contributed by atoms with Crippen LogP contribution < -0.4 is 15.4 Å². The Balaban J connectivity index is 2.06. The lowest BCUT2D eigenvalue weighted by atomic mass is 10.1. The van der Waals surface area contributed by atoms with Gasteiger partial charge < -0.3 is 20.1 Å². The fourth-order valence-electron chi connectivity index (χ4n) is 2.52. The van der Waals surface area contributed by atoms with E-state index >= 15 is 0 Å². The molecule has 0 radical (unpaired) electrons. The number of aromatic nitrogens is 3. The minimum Gasteiger partial charge on any atom is -0.494 e. The monoisotopic (exact) mass is 405 g/mol. The molecule has 3 aromatic rings. The van der Waals surface area contributed by atoms with Crippen LogP contribution in [0.25, 0.3) is 22.0 Å². The van der Waals surface area contributed by atoms with Crippen molar-refractivity contribution in [1.29, 1.82) is 0 Å². The van der Waals surface area contributed by atoms with Gasteiger partial charge in [-0.15, -0.1) is 11.3 Å². The molecule has 0 saturated carbocycles. The third kappa shape index (κ3) is 4.29. The van der Waals surface area contributed by atoms with E-state index in [2.05, 4.69) is 9.97 Å². The molecule has 7 nitrogen and oxygen atoms in total. The van der Waals surface area contributed by atoms with Gasteiger partial charge in [-0.3, -0.25) is 0 Å². The molecule has 3 rings (SSSR count). The minimum atomic E-state index is 0.374. The molecule has 0 saturated heterocycles. The van der Waals surface area contributed by atoms with E-state index in [0.717, 1.165) is 17.2 Å². The average molecular weight is 406 g/mol. The molecule has 0 aliphatic carbocycles. The van der Waals surface area contributed by atoms with E-state index in [1.165, 1.54) is 11.3 Å². The second kappa shape index (κ2) is 8.51. The van der Waals surface area contributed by atoms with Gasteiger partial charge in [0.05, 0.1) is 37.5 Å². The summed E-state index contributed by atoms with van der Waals surface area (Å²) in [5.74, 6) is 0.977. The van der Waals surface area contributed by atoms with Crippen LogP contribution in [0.5, 0.6) is 5.75 Å². The summed E-state index contributed by atoms with van der Waals surface area (Å²) in [6.45, 7) is 1.34. The number of pyridine rings is 2. The molecule has 0 bridgehead atoms. The van der Waals surface area contributed by atoms with Gasteiger partial charge in [0, 0.05) is 26.3 Å². The zero-order valence-electron chi connectivity index (χ0n) is 15.3. The molecule has 0 unspecified atom stereocenters. The van der Waals surface area contributed by atoms with Crippen LogP contribution in [0.3, 0.4) is 0 Å². The molecule has 2 N–H and O–H groups in total. The number of hydrogen-bond donors (Lipinski definition) is 1. The summed E-state index contributed by atoms with van der Waals surface area (Å²) in [4.78, 5) is 15.4. The number of ether oxygens (including phenoxy) is 2. The molecule has 0 amide bonds. The van der Waals surface area contributed by atoms with Gasteiger partial charge in [0.1, 0.15) is 26.6 Å². The van der Waals surface area contributed by atoms with Crippen LogP contribution in [0.1, 0.15) is 0 Å². The van der Waals surface area contributed by atoms with Crippen molar-refractivity contribution in [2.24, 2.45) is 0 Å². The lowest BCUT2D eigenvalue weighted by Crippen LogP contribution is -2.22. The summed E-state index contributed by atoms with van der Waals surface area (Å²) in [7, 11) is 5.24. The fourth-order valence-corrected chi connectivity index (χ4v) is 3.40. The number of nitrogens with zero attached hydrogens (tertiary/aromatic N) is 4. The Morgan fingerprint density at radius 2 is 2.04 bits per heavy atom. The maximum absolute atomic E-state index is 6.15. The summed E-state index contributed by atoms with van der Waals surface area (Å²) in [5, 5.41) is 0.726.